The predicted molar refractivity (Wildman–Crippen MR) is 126 cm³/mol. The molecule has 0 aliphatic heterocycles. The number of benzene rings is 3. The summed E-state index contributed by atoms with van der Waals surface area (Å²) in [4.78, 5) is 21.2. The third-order valence-electron chi connectivity index (χ3n) is 5.01. The second kappa shape index (κ2) is 9.75. The van der Waals surface area contributed by atoms with Crippen molar-refractivity contribution >= 4 is 36.7 Å². The number of carbonyl (C=O) groups excluding carboxylic acids is 1. The number of nitrogens with zero attached hydrogens (tertiary/aromatic N) is 2. The highest BCUT2D eigenvalue weighted by molar-refractivity contribution is 7.32. The van der Waals surface area contributed by atoms with Crippen molar-refractivity contribution < 1.29 is 18.8 Å². The van der Waals surface area contributed by atoms with Crippen molar-refractivity contribution in [1.82, 2.24) is 9.78 Å². The first-order chi connectivity index (χ1) is 15.5. The van der Waals surface area contributed by atoms with Gasteiger partial charge in [0.15, 0.2) is 0 Å². The van der Waals surface area contributed by atoms with Crippen LogP contribution in [0, 0.1) is 0 Å². The second-order valence-electron chi connectivity index (χ2n) is 7.17. The van der Waals surface area contributed by atoms with Crippen LogP contribution in [-0.4, -0.2) is 20.6 Å². The maximum absolute atomic E-state index is 12.4. The molecule has 3 aromatic carbocycles. The molecule has 1 unspecified atom stereocenters. The summed E-state index contributed by atoms with van der Waals surface area (Å²) < 4.78 is 17.2. The van der Waals surface area contributed by atoms with Crippen LogP contribution < -0.4 is 5.32 Å². The lowest BCUT2D eigenvalue weighted by atomic mass is 10.00. The average molecular weight is 447 g/mol. The number of fused-ring (bicyclic) bond motifs is 1. The van der Waals surface area contributed by atoms with E-state index in [-0.39, 0.29) is 12.5 Å². The Morgan fingerprint density at radius 2 is 1.88 bits per heavy atom. The number of rotatable bonds is 7. The van der Waals surface area contributed by atoms with Gasteiger partial charge in [0.25, 0.3) is 0 Å². The third-order valence-corrected chi connectivity index (χ3v) is 5.40. The van der Waals surface area contributed by atoms with E-state index < -0.39 is 8.25 Å². The van der Waals surface area contributed by atoms with Crippen molar-refractivity contribution in [3.63, 3.8) is 0 Å². The summed E-state index contributed by atoms with van der Waals surface area (Å²) in [7, 11) is -1.08. The Bertz CT molecular complexity index is 1310. The van der Waals surface area contributed by atoms with Crippen LogP contribution in [0.4, 0.5) is 5.69 Å². The Morgan fingerprint density at radius 3 is 2.66 bits per heavy atom. The summed E-state index contributed by atoms with van der Waals surface area (Å²) in [6.07, 6.45) is 4.96. The van der Waals surface area contributed by atoms with Crippen molar-refractivity contribution in [3.05, 3.63) is 90.1 Å². The summed E-state index contributed by atoms with van der Waals surface area (Å²) in [5, 5.41) is 9.44. The van der Waals surface area contributed by atoms with Gasteiger partial charge in [-0.15, -0.1) is 0 Å². The Morgan fingerprint density at radius 1 is 1.12 bits per heavy atom. The van der Waals surface area contributed by atoms with Gasteiger partial charge in [-0.05, 0) is 34.5 Å². The fourth-order valence-corrected chi connectivity index (χ4v) is 3.81. The second-order valence-corrected chi connectivity index (χ2v) is 7.99. The minimum Gasteiger partial charge on any atom is -0.326 e. The molecule has 0 saturated heterocycles. The monoisotopic (exact) mass is 447 g/mol. The Labute approximate surface area is 185 Å². The van der Waals surface area contributed by atoms with Gasteiger partial charge >= 0.3 is 8.25 Å². The van der Waals surface area contributed by atoms with Crippen LogP contribution in [0.5, 0.6) is 0 Å². The molecule has 1 heterocycles. The van der Waals surface area contributed by atoms with Crippen LogP contribution in [0.1, 0.15) is 11.1 Å². The number of anilines is 1. The maximum Gasteiger partial charge on any atom is 0.316 e. The fraction of sp³-hybridized carbons (Fsp3) is 0.0833. The van der Waals surface area contributed by atoms with Crippen LogP contribution in [0.2, 0.25) is 0 Å². The minimum atomic E-state index is -2.96. The van der Waals surface area contributed by atoms with Crippen molar-refractivity contribution in [2.75, 3.05) is 5.32 Å². The molecule has 162 valence electrons. The van der Waals surface area contributed by atoms with E-state index in [1.54, 1.807) is 41.2 Å². The summed E-state index contributed by atoms with van der Waals surface area (Å²) in [5.41, 5.74) is 4.16. The van der Waals surface area contributed by atoms with Gasteiger partial charge in [-0.3, -0.25) is 14.0 Å². The highest BCUT2D eigenvalue weighted by atomic mass is 31.1. The number of nitrogens with one attached hydrogen (secondary N) is 1. The number of aryl methyl sites for hydroxylation is 1. The van der Waals surface area contributed by atoms with Gasteiger partial charge in [-0.1, -0.05) is 54.6 Å². The lowest BCUT2D eigenvalue weighted by molar-refractivity contribution is -0.111. The van der Waals surface area contributed by atoms with Crippen LogP contribution in [-0.2, 0) is 27.5 Å². The highest BCUT2D eigenvalue weighted by Gasteiger charge is 2.12. The molecule has 1 atom stereocenters. The molecule has 0 spiro atoms. The van der Waals surface area contributed by atoms with E-state index in [1.807, 2.05) is 25.2 Å². The first kappa shape index (κ1) is 21.7. The van der Waals surface area contributed by atoms with E-state index in [4.69, 9.17) is 9.42 Å². The molecule has 0 bridgehead atoms. The molecular weight excluding hydrogens is 425 g/mol. The Balaban J connectivity index is 1.51. The zero-order chi connectivity index (χ0) is 22.5. The molecule has 0 fully saturated rings. The average Bonchev–Trinajstić information content (AvgIpc) is 3.17. The number of hydrogen-bond donors (Lipinski definition) is 2. The van der Waals surface area contributed by atoms with Crippen LogP contribution in [0.15, 0.2) is 79.0 Å². The molecule has 1 amide bonds. The normalized spacial score (nSPS) is 12.3. The van der Waals surface area contributed by atoms with E-state index in [0.29, 0.717) is 5.69 Å². The molecule has 0 aliphatic rings. The quantitative estimate of drug-likeness (QED) is 0.314. The summed E-state index contributed by atoms with van der Waals surface area (Å²) in [6.45, 7) is 0.0420. The lowest BCUT2D eigenvalue weighted by Gasteiger charge is -2.09. The van der Waals surface area contributed by atoms with Crippen molar-refractivity contribution in [1.29, 1.82) is 0 Å². The van der Waals surface area contributed by atoms with Gasteiger partial charge in [0.05, 0.1) is 18.5 Å². The minimum absolute atomic E-state index is 0.0420. The number of aromatic nitrogens is 2. The van der Waals surface area contributed by atoms with Gasteiger partial charge in [0, 0.05) is 29.9 Å². The van der Waals surface area contributed by atoms with Crippen molar-refractivity contribution in [2.24, 2.45) is 7.05 Å². The number of carbonyl (C=O) groups is 1. The standard InChI is InChI=1S/C24H22N3O4P/c1-27-24(22-8-4-6-18-5-2-3-7-21(18)22)19(15-25-27)11-14-23(28)26-20-12-9-17(10-13-20)16-31-32(29)30/h2-15,32H,16H2,1H3,(H,26,28)(H,29,30)/b14-11+. The highest BCUT2D eigenvalue weighted by Crippen LogP contribution is 2.31. The van der Waals surface area contributed by atoms with E-state index >= 15 is 0 Å². The Hall–Kier alpha value is -3.51. The van der Waals surface area contributed by atoms with Crippen LogP contribution >= 0.6 is 8.25 Å². The Kier molecular flexibility index (Phi) is 6.61. The third kappa shape index (κ3) is 5.03. The zero-order valence-electron chi connectivity index (χ0n) is 17.4. The van der Waals surface area contributed by atoms with E-state index in [1.165, 1.54) is 6.08 Å². The van der Waals surface area contributed by atoms with Crippen LogP contribution in [0.3, 0.4) is 0 Å². The molecule has 1 aromatic heterocycles. The van der Waals surface area contributed by atoms with E-state index in [0.717, 1.165) is 33.2 Å². The van der Waals surface area contributed by atoms with E-state index in [2.05, 4.69) is 34.7 Å². The molecule has 7 nitrogen and oxygen atoms in total. The van der Waals surface area contributed by atoms with Gasteiger partial charge in [0.2, 0.25) is 5.91 Å². The molecule has 8 heteroatoms. The van der Waals surface area contributed by atoms with Gasteiger partial charge in [0.1, 0.15) is 0 Å². The predicted octanol–water partition coefficient (Wildman–Crippen LogP) is 4.79. The molecular formula is C24H22N3O4P. The van der Waals surface area contributed by atoms with Crippen molar-refractivity contribution in [2.45, 2.75) is 6.61 Å². The van der Waals surface area contributed by atoms with E-state index in [9.17, 15) is 9.36 Å². The lowest BCUT2D eigenvalue weighted by Crippen LogP contribution is -2.07. The first-order valence-corrected chi connectivity index (χ1v) is 11.2. The summed E-state index contributed by atoms with van der Waals surface area (Å²) in [6, 6.07) is 21.2. The topological polar surface area (TPSA) is 93.5 Å². The summed E-state index contributed by atoms with van der Waals surface area (Å²) in [5.74, 6) is -0.276. The molecule has 4 aromatic rings. The van der Waals surface area contributed by atoms with Gasteiger partial charge in [-0.2, -0.15) is 5.10 Å². The molecule has 32 heavy (non-hydrogen) atoms. The molecule has 0 aliphatic carbocycles. The maximum atomic E-state index is 12.4. The number of hydrogen-bond acceptors (Lipinski definition) is 4. The molecule has 4 rings (SSSR count). The first-order valence-electron chi connectivity index (χ1n) is 9.95. The molecule has 2 N–H and O–H groups in total. The SMILES string of the molecule is Cn1ncc(/C=C/C(=O)Nc2ccc(CO[PH](=O)O)cc2)c1-c1cccc2ccccc12. The van der Waals surface area contributed by atoms with Gasteiger partial charge < -0.3 is 14.7 Å². The van der Waals surface area contributed by atoms with Gasteiger partial charge in [-0.25, -0.2) is 0 Å². The van der Waals surface area contributed by atoms with Crippen molar-refractivity contribution in [3.8, 4) is 11.3 Å². The molecule has 0 radical (unpaired) electrons. The largest absolute Gasteiger partial charge is 0.326 e. The summed E-state index contributed by atoms with van der Waals surface area (Å²) >= 11 is 0. The zero-order valence-corrected chi connectivity index (χ0v) is 18.4. The smallest absolute Gasteiger partial charge is 0.316 e. The van der Waals surface area contributed by atoms with Crippen LogP contribution in [0.25, 0.3) is 28.1 Å². The number of amides is 1. The fourth-order valence-electron chi connectivity index (χ4n) is 3.52. The molecule has 0 saturated carbocycles.